The van der Waals surface area contributed by atoms with E-state index < -0.39 is 0 Å². The van der Waals surface area contributed by atoms with Crippen LogP contribution in [0.15, 0.2) is 12.1 Å². The van der Waals surface area contributed by atoms with Gasteiger partial charge in [0.25, 0.3) is 0 Å². The quantitative estimate of drug-likeness (QED) is 0.654. The Labute approximate surface area is 114 Å². The van der Waals surface area contributed by atoms with Gasteiger partial charge in [0.15, 0.2) is 0 Å². The molecule has 2 rings (SSSR count). The monoisotopic (exact) mass is 262 g/mol. The summed E-state index contributed by atoms with van der Waals surface area (Å²) < 4.78 is 5.03. The van der Waals surface area contributed by atoms with Crippen molar-refractivity contribution in [2.45, 2.75) is 39.8 Å². The molecule has 0 atom stereocenters. The van der Waals surface area contributed by atoms with Crippen LogP contribution in [0.2, 0.25) is 0 Å². The second-order valence-corrected chi connectivity index (χ2v) is 4.95. The third kappa shape index (κ3) is 2.89. The summed E-state index contributed by atoms with van der Waals surface area (Å²) in [5.74, 6) is -0.324. The average molecular weight is 262 g/mol. The number of anilines is 1. The van der Waals surface area contributed by atoms with Gasteiger partial charge < -0.3 is 10.5 Å². The van der Waals surface area contributed by atoms with E-state index in [1.165, 1.54) is 18.4 Å². The maximum Gasteiger partial charge on any atom is 0.340 e. The highest BCUT2D eigenvalue weighted by Crippen LogP contribution is 2.30. The van der Waals surface area contributed by atoms with Gasteiger partial charge in [-0.1, -0.05) is 19.4 Å². The number of rotatable bonds is 5. The first-order chi connectivity index (χ1) is 9.17. The smallest absolute Gasteiger partial charge is 0.340 e. The van der Waals surface area contributed by atoms with Gasteiger partial charge in [-0.15, -0.1) is 0 Å². The fraction of sp³-hybridized carbons (Fsp3) is 0.533. The lowest BCUT2D eigenvalue weighted by Gasteiger charge is -2.13. The number of hydrogen-bond acceptors (Lipinski definition) is 4. The number of nitrogens with two attached hydrogens (primary N) is 1. The van der Waals surface area contributed by atoms with Gasteiger partial charge in [0.05, 0.1) is 17.9 Å². The third-order valence-corrected chi connectivity index (χ3v) is 3.55. The summed E-state index contributed by atoms with van der Waals surface area (Å²) in [5.41, 5.74) is 9.56. The van der Waals surface area contributed by atoms with Crippen LogP contribution < -0.4 is 5.73 Å². The van der Waals surface area contributed by atoms with Crippen LogP contribution in [0.25, 0.3) is 0 Å². The van der Waals surface area contributed by atoms with Crippen LogP contribution in [-0.2, 0) is 17.8 Å². The van der Waals surface area contributed by atoms with Gasteiger partial charge in [-0.05, 0) is 37.1 Å². The fourth-order valence-electron chi connectivity index (χ4n) is 2.49. The molecule has 2 N–H and O–H groups in total. The topological polar surface area (TPSA) is 55.6 Å². The highest BCUT2D eigenvalue weighted by atomic mass is 16.5. The molecule has 0 aromatic heterocycles. The predicted octanol–water partition coefficient (Wildman–Crippen LogP) is 2.56. The Morgan fingerprint density at radius 1 is 1.37 bits per heavy atom. The minimum Gasteiger partial charge on any atom is -0.462 e. The highest BCUT2D eigenvalue weighted by Gasteiger charge is 2.24. The summed E-state index contributed by atoms with van der Waals surface area (Å²) in [4.78, 5) is 14.2. The van der Waals surface area contributed by atoms with Crippen LogP contribution in [0.3, 0.4) is 0 Å². The molecule has 0 saturated heterocycles. The number of unbranched alkanes of at least 4 members (excludes halogenated alkanes) is 1. The molecular formula is C15H22N2O2. The summed E-state index contributed by atoms with van der Waals surface area (Å²) in [6.07, 6.45) is 2.38. The number of nitrogen functional groups attached to an aromatic ring is 1. The minimum absolute atomic E-state index is 0.324. The Bertz CT molecular complexity index is 471. The zero-order valence-electron chi connectivity index (χ0n) is 11.7. The first-order valence-electron chi connectivity index (χ1n) is 6.97. The Balaban J connectivity index is 2.17. The van der Waals surface area contributed by atoms with Crippen molar-refractivity contribution in [2.24, 2.45) is 0 Å². The molecule has 1 aromatic carbocycles. The van der Waals surface area contributed by atoms with E-state index in [1.54, 1.807) is 13.0 Å². The molecule has 1 aliphatic heterocycles. The Morgan fingerprint density at radius 3 is 2.84 bits per heavy atom. The molecule has 1 aliphatic rings. The zero-order valence-corrected chi connectivity index (χ0v) is 11.7. The number of nitrogens with zero attached hydrogens (tertiary/aromatic N) is 1. The van der Waals surface area contributed by atoms with Crippen molar-refractivity contribution in [1.29, 1.82) is 0 Å². The van der Waals surface area contributed by atoms with Crippen LogP contribution in [-0.4, -0.2) is 24.0 Å². The minimum atomic E-state index is -0.324. The Hall–Kier alpha value is -1.55. The van der Waals surface area contributed by atoms with Gasteiger partial charge >= 0.3 is 5.97 Å². The van der Waals surface area contributed by atoms with E-state index in [1.807, 2.05) is 6.07 Å². The maximum absolute atomic E-state index is 11.8. The number of ether oxygens (including phenoxy) is 1. The SMILES string of the molecule is CCCCN1Cc2ccc(C(=O)OCC)c(N)c2C1. The van der Waals surface area contributed by atoms with Crippen molar-refractivity contribution >= 4 is 11.7 Å². The van der Waals surface area contributed by atoms with Gasteiger partial charge in [0.1, 0.15) is 0 Å². The predicted molar refractivity (Wildman–Crippen MR) is 75.8 cm³/mol. The largest absolute Gasteiger partial charge is 0.462 e. The van der Waals surface area contributed by atoms with Crippen molar-refractivity contribution in [1.82, 2.24) is 4.90 Å². The number of carbonyl (C=O) groups is 1. The molecule has 4 nitrogen and oxygen atoms in total. The lowest BCUT2D eigenvalue weighted by atomic mass is 10.0. The molecule has 0 aliphatic carbocycles. The maximum atomic E-state index is 11.8. The summed E-state index contributed by atoms with van der Waals surface area (Å²) in [7, 11) is 0. The fourth-order valence-corrected chi connectivity index (χ4v) is 2.49. The molecule has 0 fully saturated rings. The van der Waals surface area contributed by atoms with E-state index in [0.29, 0.717) is 17.9 Å². The first-order valence-corrected chi connectivity index (χ1v) is 6.97. The second-order valence-electron chi connectivity index (χ2n) is 4.95. The van der Waals surface area contributed by atoms with E-state index in [2.05, 4.69) is 11.8 Å². The zero-order chi connectivity index (χ0) is 13.8. The second kappa shape index (κ2) is 6.06. The van der Waals surface area contributed by atoms with E-state index in [-0.39, 0.29) is 5.97 Å². The van der Waals surface area contributed by atoms with Crippen molar-refractivity contribution in [3.8, 4) is 0 Å². The number of fused-ring (bicyclic) bond motifs is 1. The van der Waals surface area contributed by atoms with Gasteiger partial charge in [0, 0.05) is 13.1 Å². The van der Waals surface area contributed by atoms with Crippen molar-refractivity contribution in [3.63, 3.8) is 0 Å². The highest BCUT2D eigenvalue weighted by molar-refractivity contribution is 5.96. The molecule has 1 aromatic rings. The Kier molecular flexibility index (Phi) is 4.43. The summed E-state index contributed by atoms with van der Waals surface area (Å²) in [5, 5.41) is 0. The molecule has 0 spiro atoms. The first kappa shape index (κ1) is 13.9. The number of carbonyl (C=O) groups excluding carboxylic acids is 1. The lowest BCUT2D eigenvalue weighted by molar-refractivity contribution is 0.0527. The molecule has 0 bridgehead atoms. The van der Waals surface area contributed by atoms with E-state index in [0.717, 1.165) is 25.2 Å². The molecular weight excluding hydrogens is 240 g/mol. The van der Waals surface area contributed by atoms with E-state index >= 15 is 0 Å². The van der Waals surface area contributed by atoms with Crippen LogP contribution in [0.4, 0.5) is 5.69 Å². The van der Waals surface area contributed by atoms with Crippen LogP contribution in [0.5, 0.6) is 0 Å². The number of hydrogen-bond donors (Lipinski definition) is 1. The van der Waals surface area contributed by atoms with Gasteiger partial charge in [-0.25, -0.2) is 4.79 Å². The molecule has 19 heavy (non-hydrogen) atoms. The molecule has 0 amide bonds. The molecule has 0 radical (unpaired) electrons. The lowest BCUT2D eigenvalue weighted by Crippen LogP contribution is -2.17. The number of esters is 1. The molecule has 104 valence electrons. The molecule has 0 unspecified atom stereocenters. The number of benzene rings is 1. The molecule has 1 heterocycles. The standard InChI is InChI=1S/C15H22N2O2/c1-3-5-8-17-9-11-6-7-12(15(18)19-4-2)14(16)13(11)10-17/h6-7H,3-5,8-10,16H2,1-2H3. The van der Waals surface area contributed by atoms with Crippen molar-refractivity contribution in [3.05, 3.63) is 28.8 Å². The van der Waals surface area contributed by atoms with Crippen LogP contribution in [0, 0.1) is 0 Å². The summed E-state index contributed by atoms with van der Waals surface area (Å²) in [6, 6.07) is 3.79. The van der Waals surface area contributed by atoms with E-state index in [9.17, 15) is 4.79 Å². The van der Waals surface area contributed by atoms with Gasteiger partial charge in [-0.2, -0.15) is 0 Å². The van der Waals surface area contributed by atoms with Crippen molar-refractivity contribution < 1.29 is 9.53 Å². The average Bonchev–Trinajstić information content (AvgIpc) is 2.81. The normalized spacial score (nSPS) is 14.4. The third-order valence-electron chi connectivity index (χ3n) is 3.55. The molecule has 4 heteroatoms. The van der Waals surface area contributed by atoms with Gasteiger partial charge in [-0.3, -0.25) is 4.90 Å². The van der Waals surface area contributed by atoms with Crippen molar-refractivity contribution in [2.75, 3.05) is 18.9 Å². The Morgan fingerprint density at radius 2 is 2.16 bits per heavy atom. The summed E-state index contributed by atoms with van der Waals surface area (Å²) >= 11 is 0. The van der Waals surface area contributed by atoms with E-state index in [4.69, 9.17) is 10.5 Å². The van der Waals surface area contributed by atoms with Gasteiger partial charge in [0.2, 0.25) is 0 Å². The van der Waals surface area contributed by atoms with Crippen LogP contribution >= 0.6 is 0 Å². The molecule has 0 saturated carbocycles. The summed E-state index contributed by atoms with van der Waals surface area (Å²) in [6.45, 7) is 7.22. The van der Waals surface area contributed by atoms with Crippen LogP contribution in [0.1, 0.15) is 48.2 Å².